The maximum Gasteiger partial charge on any atom is 0.335 e. The Morgan fingerprint density at radius 2 is 1.59 bits per heavy atom. The number of benzene rings is 2. The minimum atomic E-state index is -0.449. The molecule has 140 valence electrons. The van der Waals surface area contributed by atoms with Gasteiger partial charge in [-0.05, 0) is 18.4 Å². The van der Waals surface area contributed by atoms with Crippen molar-refractivity contribution < 1.29 is 14.3 Å². The minimum absolute atomic E-state index is 0.111. The van der Waals surface area contributed by atoms with Crippen molar-refractivity contribution >= 4 is 32.7 Å². The highest BCUT2D eigenvalue weighted by atomic mass is 79.9. The molecular formula is C21H21BrN2O3. The van der Waals surface area contributed by atoms with Crippen LogP contribution in [0.2, 0.25) is 0 Å². The molecule has 27 heavy (non-hydrogen) atoms. The molecule has 6 heteroatoms. The number of fused-ring (bicyclic) bond motifs is 1. The topological polar surface area (TPSA) is 71.0 Å². The van der Waals surface area contributed by atoms with E-state index in [0.717, 1.165) is 24.8 Å². The molecule has 0 aliphatic rings. The zero-order valence-electron chi connectivity index (χ0n) is 15.2. The predicted molar refractivity (Wildman–Crippen MR) is 108 cm³/mol. The fourth-order valence-electron chi connectivity index (χ4n) is 3.17. The molecule has 0 bridgehead atoms. The molecule has 0 saturated carbocycles. The van der Waals surface area contributed by atoms with Crippen LogP contribution >= 0.6 is 15.9 Å². The molecule has 0 fully saturated rings. The SMILES string of the molecule is CCCCCc1ccc(C(=O)c2c(CBr)[n+]([O-])c3ccccc3[n+]2[O-])cc1. The van der Waals surface area contributed by atoms with Crippen LogP contribution in [-0.4, -0.2) is 5.78 Å². The van der Waals surface area contributed by atoms with Crippen molar-refractivity contribution in [2.45, 2.75) is 37.9 Å². The number of unbranched alkanes of at least 4 members (excludes halogenated alkanes) is 2. The second-order valence-corrected chi connectivity index (χ2v) is 7.05. The smallest absolute Gasteiger partial charge is 0.335 e. The van der Waals surface area contributed by atoms with Crippen LogP contribution in [-0.2, 0) is 11.8 Å². The number of alkyl halides is 1. The molecule has 0 unspecified atom stereocenters. The summed E-state index contributed by atoms with van der Waals surface area (Å²) in [5.74, 6) is -0.449. The van der Waals surface area contributed by atoms with Gasteiger partial charge in [-0.25, -0.2) is 0 Å². The third kappa shape index (κ3) is 3.81. The standard InChI is InChI=1S/C21H21BrN2O3/c1-2-3-4-7-15-10-12-16(13-11-15)21(25)20-19(14-22)23(26)17-8-5-6-9-18(17)24(20)27/h5-6,8-13H,2-4,7,14H2,1H3. The highest BCUT2D eigenvalue weighted by molar-refractivity contribution is 9.08. The lowest BCUT2D eigenvalue weighted by Gasteiger charge is -2.11. The van der Waals surface area contributed by atoms with Crippen LogP contribution < -0.4 is 9.46 Å². The first kappa shape index (κ1) is 19.3. The first-order valence-electron chi connectivity index (χ1n) is 9.04. The molecule has 0 aliphatic carbocycles. The number of aromatic nitrogens is 2. The number of carbonyl (C=O) groups excluding carboxylic acids is 1. The van der Waals surface area contributed by atoms with Gasteiger partial charge < -0.3 is 10.4 Å². The number of nitrogens with zero attached hydrogens (tertiary/aromatic N) is 2. The Balaban J connectivity index is 2.01. The lowest BCUT2D eigenvalue weighted by Crippen LogP contribution is -2.47. The van der Waals surface area contributed by atoms with Crippen molar-refractivity contribution in [1.82, 2.24) is 0 Å². The van der Waals surface area contributed by atoms with Gasteiger partial charge in [0.2, 0.25) is 0 Å². The van der Waals surface area contributed by atoms with Crippen LogP contribution in [0, 0.1) is 10.4 Å². The van der Waals surface area contributed by atoms with Gasteiger partial charge in [0, 0.05) is 17.7 Å². The number of ketones is 1. The molecule has 0 spiro atoms. The summed E-state index contributed by atoms with van der Waals surface area (Å²) in [6.07, 6.45) is 4.41. The molecule has 0 N–H and O–H groups in total. The summed E-state index contributed by atoms with van der Waals surface area (Å²) in [5.41, 5.74) is 1.95. The van der Waals surface area contributed by atoms with Gasteiger partial charge >= 0.3 is 5.69 Å². The summed E-state index contributed by atoms with van der Waals surface area (Å²) in [6.45, 7) is 2.16. The highest BCUT2D eigenvalue weighted by Crippen LogP contribution is 2.17. The average molecular weight is 429 g/mol. The molecular weight excluding hydrogens is 408 g/mol. The fraction of sp³-hybridized carbons (Fsp3) is 0.286. The van der Waals surface area contributed by atoms with Gasteiger partial charge in [-0.3, -0.25) is 4.79 Å². The average Bonchev–Trinajstić information content (AvgIpc) is 2.70. The van der Waals surface area contributed by atoms with Crippen molar-refractivity contribution in [3.63, 3.8) is 0 Å². The van der Waals surface area contributed by atoms with E-state index in [2.05, 4.69) is 22.9 Å². The third-order valence-electron chi connectivity index (χ3n) is 4.67. The summed E-state index contributed by atoms with van der Waals surface area (Å²) in [7, 11) is 0. The Kier molecular flexibility index (Phi) is 6.06. The van der Waals surface area contributed by atoms with Gasteiger partial charge in [0.15, 0.2) is 0 Å². The first-order valence-corrected chi connectivity index (χ1v) is 10.2. The first-order chi connectivity index (χ1) is 13.1. The number of rotatable bonds is 7. The molecule has 3 aromatic rings. The van der Waals surface area contributed by atoms with E-state index in [-0.39, 0.29) is 27.8 Å². The maximum absolute atomic E-state index is 13.0. The normalized spacial score (nSPS) is 11.0. The van der Waals surface area contributed by atoms with Gasteiger partial charge in [-0.1, -0.05) is 72.1 Å². The van der Waals surface area contributed by atoms with Crippen LogP contribution in [0.3, 0.4) is 0 Å². The van der Waals surface area contributed by atoms with E-state index in [4.69, 9.17) is 0 Å². The third-order valence-corrected chi connectivity index (χ3v) is 5.20. The quantitative estimate of drug-likeness (QED) is 0.188. The molecule has 0 amide bonds. The molecule has 0 radical (unpaired) electrons. The summed E-state index contributed by atoms with van der Waals surface area (Å²) < 4.78 is 1.22. The zero-order valence-corrected chi connectivity index (χ0v) is 16.7. The van der Waals surface area contributed by atoms with E-state index in [1.165, 1.54) is 6.42 Å². The predicted octanol–water partition coefficient (Wildman–Crippen LogP) is 3.97. The Morgan fingerprint density at radius 3 is 2.19 bits per heavy atom. The molecule has 0 atom stereocenters. The van der Waals surface area contributed by atoms with Crippen molar-refractivity contribution in [2.75, 3.05) is 0 Å². The van der Waals surface area contributed by atoms with E-state index in [1.807, 2.05) is 12.1 Å². The Morgan fingerprint density at radius 1 is 0.963 bits per heavy atom. The summed E-state index contributed by atoms with van der Waals surface area (Å²) in [4.78, 5) is 13.0. The molecule has 3 rings (SSSR count). The van der Waals surface area contributed by atoms with Crippen molar-refractivity contribution in [3.8, 4) is 0 Å². The van der Waals surface area contributed by atoms with Gasteiger partial charge in [-0.15, -0.1) is 0 Å². The van der Waals surface area contributed by atoms with Gasteiger partial charge in [0.1, 0.15) is 0 Å². The minimum Gasteiger partial charge on any atom is -0.618 e. The fourth-order valence-corrected chi connectivity index (χ4v) is 3.66. The molecule has 2 aromatic carbocycles. The van der Waals surface area contributed by atoms with Crippen molar-refractivity contribution in [1.29, 1.82) is 0 Å². The Labute approximate surface area is 166 Å². The van der Waals surface area contributed by atoms with Crippen LogP contribution in [0.25, 0.3) is 11.0 Å². The van der Waals surface area contributed by atoms with E-state index in [9.17, 15) is 15.2 Å². The second kappa shape index (κ2) is 8.48. The summed E-state index contributed by atoms with van der Waals surface area (Å²) in [6, 6.07) is 13.8. The van der Waals surface area contributed by atoms with Crippen LogP contribution in [0.1, 0.15) is 53.5 Å². The summed E-state index contributed by atoms with van der Waals surface area (Å²) in [5, 5.41) is 25.6. The lowest BCUT2D eigenvalue weighted by atomic mass is 10.0. The van der Waals surface area contributed by atoms with E-state index < -0.39 is 5.78 Å². The van der Waals surface area contributed by atoms with Crippen LogP contribution in [0.15, 0.2) is 48.5 Å². The number of halogens is 1. The number of hydrogen-bond donors (Lipinski definition) is 0. The van der Waals surface area contributed by atoms with Gasteiger partial charge in [0.05, 0.1) is 5.33 Å². The Bertz CT molecular complexity index is 971. The van der Waals surface area contributed by atoms with Crippen LogP contribution in [0.4, 0.5) is 0 Å². The van der Waals surface area contributed by atoms with Crippen molar-refractivity contribution in [3.05, 3.63) is 81.5 Å². The second-order valence-electron chi connectivity index (χ2n) is 6.49. The summed E-state index contributed by atoms with van der Waals surface area (Å²) >= 11 is 3.24. The van der Waals surface area contributed by atoms with E-state index in [0.29, 0.717) is 15.0 Å². The number of para-hydroxylation sites is 2. The lowest BCUT2D eigenvalue weighted by molar-refractivity contribution is -0.635. The Hall–Kier alpha value is -2.47. The number of carbonyl (C=O) groups is 1. The molecule has 0 saturated heterocycles. The molecule has 0 aliphatic heterocycles. The van der Waals surface area contributed by atoms with Crippen molar-refractivity contribution in [2.24, 2.45) is 0 Å². The zero-order chi connectivity index (χ0) is 19.4. The maximum atomic E-state index is 13.0. The molecule has 5 nitrogen and oxygen atoms in total. The van der Waals surface area contributed by atoms with Gasteiger partial charge in [0.25, 0.3) is 22.5 Å². The molecule has 1 heterocycles. The highest BCUT2D eigenvalue weighted by Gasteiger charge is 2.33. The molecule has 1 aromatic heterocycles. The van der Waals surface area contributed by atoms with E-state index in [1.54, 1.807) is 36.4 Å². The number of hydrogen-bond acceptors (Lipinski definition) is 3. The largest absolute Gasteiger partial charge is 0.618 e. The van der Waals surface area contributed by atoms with Gasteiger partial charge in [-0.2, -0.15) is 9.46 Å². The number of aryl methyl sites for hydroxylation is 1. The van der Waals surface area contributed by atoms with Crippen LogP contribution in [0.5, 0.6) is 0 Å². The van der Waals surface area contributed by atoms with E-state index >= 15 is 0 Å². The monoisotopic (exact) mass is 428 g/mol.